The van der Waals surface area contributed by atoms with Gasteiger partial charge in [-0.05, 0) is 55.8 Å². The highest BCUT2D eigenvalue weighted by Crippen LogP contribution is 2.50. The number of hydrogen-bond donors (Lipinski definition) is 1. The second kappa shape index (κ2) is 4.22. The third-order valence-corrected chi connectivity index (χ3v) is 4.63. The third kappa shape index (κ3) is 1.98. The van der Waals surface area contributed by atoms with Crippen LogP contribution in [0.25, 0.3) is 0 Å². The lowest BCUT2D eigenvalue weighted by Gasteiger charge is -2.26. The lowest BCUT2D eigenvalue weighted by atomic mass is 9.81. The molecule has 1 nitrogen and oxygen atoms in total. The molecule has 5 unspecified atom stereocenters. The zero-order valence-corrected chi connectivity index (χ0v) is 9.58. The molecular formula is C13H24O. The molecule has 0 aromatic carbocycles. The van der Waals surface area contributed by atoms with Crippen LogP contribution in [0.15, 0.2) is 0 Å². The Labute approximate surface area is 87.9 Å². The van der Waals surface area contributed by atoms with Crippen LogP contribution in [0.3, 0.4) is 0 Å². The lowest BCUT2D eigenvalue weighted by Crippen LogP contribution is -2.22. The fourth-order valence-corrected chi connectivity index (χ4v) is 3.70. The highest BCUT2D eigenvalue weighted by molar-refractivity contribution is 4.90. The van der Waals surface area contributed by atoms with Crippen LogP contribution in [0.4, 0.5) is 0 Å². The molecule has 1 heteroatoms. The first-order valence-electron chi connectivity index (χ1n) is 6.38. The number of rotatable bonds is 4. The minimum absolute atomic E-state index is 0.0610. The van der Waals surface area contributed by atoms with E-state index in [9.17, 15) is 5.11 Å². The van der Waals surface area contributed by atoms with Crippen molar-refractivity contribution < 1.29 is 5.11 Å². The van der Waals surface area contributed by atoms with Gasteiger partial charge in [0, 0.05) is 0 Å². The molecule has 82 valence electrons. The maximum absolute atomic E-state index is 9.76. The monoisotopic (exact) mass is 196 g/mol. The Morgan fingerprint density at radius 2 is 2.07 bits per heavy atom. The van der Waals surface area contributed by atoms with E-state index < -0.39 is 0 Å². The average Bonchev–Trinajstić information content (AvgIpc) is 2.77. The molecule has 0 aromatic heterocycles. The van der Waals surface area contributed by atoms with Crippen molar-refractivity contribution >= 4 is 0 Å². The standard InChI is InChI=1S/C13H24O/c1-3-13(14)9(2)6-12-8-10-4-5-11(12)7-10/h9-14H,3-8H2,1-2H3. The van der Waals surface area contributed by atoms with Crippen molar-refractivity contribution in [3.63, 3.8) is 0 Å². The van der Waals surface area contributed by atoms with E-state index in [-0.39, 0.29) is 6.10 Å². The Morgan fingerprint density at radius 3 is 2.57 bits per heavy atom. The Morgan fingerprint density at radius 1 is 1.29 bits per heavy atom. The topological polar surface area (TPSA) is 20.2 Å². The molecule has 2 bridgehead atoms. The molecule has 0 aromatic rings. The van der Waals surface area contributed by atoms with E-state index in [0.29, 0.717) is 5.92 Å². The smallest absolute Gasteiger partial charge is 0.0563 e. The van der Waals surface area contributed by atoms with Crippen LogP contribution >= 0.6 is 0 Å². The van der Waals surface area contributed by atoms with Crippen LogP contribution in [-0.2, 0) is 0 Å². The summed E-state index contributed by atoms with van der Waals surface area (Å²) in [5, 5.41) is 9.76. The molecule has 2 aliphatic rings. The van der Waals surface area contributed by atoms with Gasteiger partial charge in [-0.25, -0.2) is 0 Å². The Hall–Kier alpha value is -0.0400. The third-order valence-electron chi connectivity index (χ3n) is 4.63. The van der Waals surface area contributed by atoms with Gasteiger partial charge >= 0.3 is 0 Å². The summed E-state index contributed by atoms with van der Waals surface area (Å²) in [5.41, 5.74) is 0. The fourth-order valence-electron chi connectivity index (χ4n) is 3.70. The van der Waals surface area contributed by atoms with Crippen LogP contribution in [0.2, 0.25) is 0 Å². The number of hydrogen-bond acceptors (Lipinski definition) is 1. The predicted octanol–water partition coefficient (Wildman–Crippen LogP) is 3.22. The molecule has 0 amide bonds. The van der Waals surface area contributed by atoms with Crippen LogP contribution in [-0.4, -0.2) is 11.2 Å². The van der Waals surface area contributed by atoms with Crippen LogP contribution in [0, 0.1) is 23.7 Å². The van der Waals surface area contributed by atoms with Crippen LogP contribution in [0.1, 0.15) is 52.4 Å². The predicted molar refractivity (Wildman–Crippen MR) is 59.0 cm³/mol. The van der Waals surface area contributed by atoms with Gasteiger partial charge in [-0.15, -0.1) is 0 Å². The van der Waals surface area contributed by atoms with Gasteiger partial charge < -0.3 is 5.11 Å². The zero-order valence-electron chi connectivity index (χ0n) is 9.58. The molecule has 5 atom stereocenters. The van der Waals surface area contributed by atoms with E-state index in [0.717, 1.165) is 24.2 Å². The summed E-state index contributed by atoms with van der Waals surface area (Å²) in [6.45, 7) is 4.31. The maximum atomic E-state index is 9.76. The van der Waals surface area contributed by atoms with Crippen molar-refractivity contribution in [1.82, 2.24) is 0 Å². The summed E-state index contributed by atoms with van der Waals surface area (Å²) in [6, 6.07) is 0. The van der Waals surface area contributed by atoms with Gasteiger partial charge in [0.05, 0.1) is 6.10 Å². The van der Waals surface area contributed by atoms with Crippen LogP contribution < -0.4 is 0 Å². The minimum Gasteiger partial charge on any atom is -0.393 e. The Balaban J connectivity index is 1.80. The second-order valence-corrected chi connectivity index (χ2v) is 5.62. The SMILES string of the molecule is CCC(O)C(C)CC1CC2CCC1C2. The average molecular weight is 196 g/mol. The van der Waals surface area contributed by atoms with Gasteiger partial charge in [0.1, 0.15) is 0 Å². The van der Waals surface area contributed by atoms with Crippen molar-refractivity contribution in [2.75, 3.05) is 0 Å². The summed E-state index contributed by atoms with van der Waals surface area (Å²) in [7, 11) is 0. The van der Waals surface area contributed by atoms with E-state index in [1.165, 1.54) is 32.1 Å². The summed E-state index contributed by atoms with van der Waals surface area (Å²) >= 11 is 0. The largest absolute Gasteiger partial charge is 0.393 e. The van der Waals surface area contributed by atoms with Gasteiger partial charge in [-0.2, -0.15) is 0 Å². The molecule has 0 spiro atoms. The molecule has 2 fully saturated rings. The Kier molecular flexibility index (Phi) is 3.16. The molecular weight excluding hydrogens is 172 g/mol. The molecule has 2 aliphatic carbocycles. The molecule has 0 saturated heterocycles. The lowest BCUT2D eigenvalue weighted by molar-refractivity contribution is 0.0904. The molecule has 2 rings (SSSR count). The van der Waals surface area contributed by atoms with Gasteiger partial charge in [-0.3, -0.25) is 0 Å². The van der Waals surface area contributed by atoms with E-state index in [4.69, 9.17) is 0 Å². The first-order chi connectivity index (χ1) is 6.70. The zero-order chi connectivity index (χ0) is 10.1. The van der Waals surface area contributed by atoms with Crippen molar-refractivity contribution in [3.8, 4) is 0 Å². The highest BCUT2D eigenvalue weighted by atomic mass is 16.3. The van der Waals surface area contributed by atoms with Crippen LogP contribution in [0.5, 0.6) is 0 Å². The second-order valence-electron chi connectivity index (χ2n) is 5.62. The van der Waals surface area contributed by atoms with Crippen molar-refractivity contribution in [1.29, 1.82) is 0 Å². The van der Waals surface area contributed by atoms with E-state index in [2.05, 4.69) is 13.8 Å². The molecule has 14 heavy (non-hydrogen) atoms. The molecule has 0 radical (unpaired) electrons. The van der Waals surface area contributed by atoms with Gasteiger partial charge in [0.2, 0.25) is 0 Å². The van der Waals surface area contributed by atoms with Gasteiger partial charge in [0.25, 0.3) is 0 Å². The Bertz CT molecular complexity index is 190. The highest BCUT2D eigenvalue weighted by Gasteiger charge is 2.40. The summed E-state index contributed by atoms with van der Waals surface area (Å²) in [5.74, 6) is 3.54. The minimum atomic E-state index is -0.0610. The van der Waals surface area contributed by atoms with Crippen molar-refractivity contribution in [2.24, 2.45) is 23.7 Å². The van der Waals surface area contributed by atoms with E-state index >= 15 is 0 Å². The molecule has 0 heterocycles. The normalized spacial score (nSPS) is 40.1. The number of aliphatic hydroxyl groups is 1. The summed E-state index contributed by atoms with van der Waals surface area (Å²) < 4.78 is 0. The quantitative estimate of drug-likeness (QED) is 0.732. The van der Waals surface area contributed by atoms with E-state index in [1.54, 1.807) is 0 Å². The summed E-state index contributed by atoms with van der Waals surface area (Å²) in [4.78, 5) is 0. The molecule has 2 saturated carbocycles. The first kappa shape index (κ1) is 10.5. The van der Waals surface area contributed by atoms with Crippen molar-refractivity contribution in [2.45, 2.75) is 58.5 Å². The fraction of sp³-hybridized carbons (Fsp3) is 1.00. The molecule has 0 aliphatic heterocycles. The number of aliphatic hydroxyl groups excluding tert-OH is 1. The van der Waals surface area contributed by atoms with Crippen molar-refractivity contribution in [3.05, 3.63) is 0 Å². The number of fused-ring (bicyclic) bond motifs is 2. The maximum Gasteiger partial charge on any atom is 0.0563 e. The summed E-state index contributed by atoms with van der Waals surface area (Å²) in [6.07, 6.45) is 8.06. The van der Waals surface area contributed by atoms with Gasteiger partial charge in [-0.1, -0.05) is 20.3 Å². The van der Waals surface area contributed by atoms with E-state index in [1.807, 2.05) is 0 Å². The van der Waals surface area contributed by atoms with Gasteiger partial charge in [0.15, 0.2) is 0 Å². The molecule has 1 N–H and O–H groups in total. The first-order valence-corrected chi connectivity index (χ1v) is 6.38.